The van der Waals surface area contributed by atoms with Crippen molar-refractivity contribution in [1.82, 2.24) is 9.47 Å². The van der Waals surface area contributed by atoms with Gasteiger partial charge in [0.25, 0.3) is 0 Å². The van der Waals surface area contributed by atoms with E-state index < -0.39 is 0 Å². The van der Waals surface area contributed by atoms with Crippen molar-refractivity contribution in [3.8, 4) is 0 Å². The molecule has 3 heteroatoms. The zero-order valence-corrected chi connectivity index (χ0v) is 14.4. The van der Waals surface area contributed by atoms with Gasteiger partial charge in [-0.05, 0) is 37.3 Å². The average Bonchev–Trinajstić information content (AvgIpc) is 2.94. The highest BCUT2D eigenvalue weighted by molar-refractivity contribution is 5.86. The van der Waals surface area contributed by atoms with Crippen LogP contribution in [0.1, 0.15) is 36.6 Å². The van der Waals surface area contributed by atoms with E-state index in [1.165, 1.54) is 22.2 Å². The van der Waals surface area contributed by atoms with Crippen molar-refractivity contribution >= 4 is 10.9 Å². The number of allylic oxidation sites excluding steroid dienone is 2. The Kier molecular flexibility index (Phi) is 4.54. The minimum absolute atomic E-state index is 0.440. The molecular formula is C21H26N2O. The average molecular weight is 322 g/mol. The zero-order valence-electron chi connectivity index (χ0n) is 14.4. The van der Waals surface area contributed by atoms with Crippen LogP contribution < -0.4 is 0 Å². The molecule has 1 aromatic heterocycles. The molecule has 4 rings (SSSR count). The Morgan fingerprint density at radius 1 is 1.08 bits per heavy atom. The third-order valence-corrected chi connectivity index (χ3v) is 5.32. The summed E-state index contributed by atoms with van der Waals surface area (Å²) in [5.41, 5.74) is 4.30. The summed E-state index contributed by atoms with van der Waals surface area (Å²) in [5, 5.41) is 1.40. The molecule has 0 aliphatic carbocycles. The summed E-state index contributed by atoms with van der Waals surface area (Å²) in [6, 6.07) is 9.23. The number of fused-ring (bicyclic) bond motifs is 5. The lowest BCUT2D eigenvalue weighted by Crippen LogP contribution is -2.36. The van der Waals surface area contributed by atoms with Crippen LogP contribution in [-0.2, 0) is 17.9 Å². The molecule has 3 heterocycles. The van der Waals surface area contributed by atoms with Gasteiger partial charge in [0.1, 0.15) is 6.73 Å². The normalized spacial score (nSPS) is 24.3. The fraction of sp³-hybridized carbons (Fsp3) is 0.429. The molecule has 126 valence electrons. The molecule has 0 radical (unpaired) electrons. The number of aromatic nitrogens is 1. The lowest BCUT2D eigenvalue weighted by molar-refractivity contribution is 0.121. The Labute approximate surface area is 144 Å². The van der Waals surface area contributed by atoms with Crippen LogP contribution in [0.3, 0.4) is 0 Å². The smallest absolute Gasteiger partial charge is 0.122 e. The zero-order chi connectivity index (χ0) is 16.4. The largest absolute Gasteiger partial charge is 0.364 e. The molecule has 1 atom stereocenters. The standard InChI is InChI=1S/C21H26N2O/c1-24-16-23-19-11-8-7-10-17(19)18-13-15-22-14-9-5-3-2-4-6-12-20(22)21(18)23/h4-11,20H,2-3,12-16H2,1H3/b6-4+,9-5+/t20-/m0/s1. The monoisotopic (exact) mass is 322 g/mol. The summed E-state index contributed by atoms with van der Waals surface area (Å²) in [6.45, 7) is 2.81. The second-order valence-corrected chi connectivity index (χ2v) is 6.74. The van der Waals surface area contributed by atoms with Crippen LogP contribution in [0.25, 0.3) is 10.9 Å². The van der Waals surface area contributed by atoms with E-state index in [2.05, 4.69) is 58.0 Å². The van der Waals surface area contributed by atoms with E-state index in [4.69, 9.17) is 4.74 Å². The fourth-order valence-corrected chi connectivity index (χ4v) is 4.23. The van der Waals surface area contributed by atoms with E-state index in [1.807, 2.05) is 0 Å². The SMILES string of the molecule is COCn1c2c(c3ccccc31)CCN1C/C=C/CC/C=C/C[C@@H]21. The molecule has 0 spiro atoms. The molecule has 2 aliphatic rings. The van der Waals surface area contributed by atoms with Gasteiger partial charge in [-0.25, -0.2) is 0 Å². The van der Waals surface area contributed by atoms with E-state index in [9.17, 15) is 0 Å². The van der Waals surface area contributed by atoms with Crippen LogP contribution in [0.15, 0.2) is 48.6 Å². The van der Waals surface area contributed by atoms with E-state index >= 15 is 0 Å². The number of hydrogen-bond donors (Lipinski definition) is 0. The van der Waals surface area contributed by atoms with Gasteiger partial charge in [-0.1, -0.05) is 42.5 Å². The highest BCUT2D eigenvalue weighted by Gasteiger charge is 2.31. The van der Waals surface area contributed by atoms with Crippen molar-refractivity contribution in [2.75, 3.05) is 20.2 Å². The predicted molar refractivity (Wildman–Crippen MR) is 99.1 cm³/mol. The molecule has 0 N–H and O–H groups in total. The van der Waals surface area contributed by atoms with E-state index in [0.717, 1.165) is 38.8 Å². The van der Waals surface area contributed by atoms with E-state index in [0.29, 0.717) is 12.8 Å². The molecule has 0 saturated heterocycles. The Hall–Kier alpha value is -1.84. The number of rotatable bonds is 2. The maximum atomic E-state index is 5.55. The van der Waals surface area contributed by atoms with Crippen LogP contribution in [-0.4, -0.2) is 29.7 Å². The minimum atomic E-state index is 0.440. The third kappa shape index (κ3) is 2.72. The molecule has 0 saturated carbocycles. The van der Waals surface area contributed by atoms with Gasteiger partial charge in [0.15, 0.2) is 0 Å². The Morgan fingerprint density at radius 3 is 2.79 bits per heavy atom. The number of ether oxygens (including phenoxy) is 1. The molecule has 1 aromatic carbocycles. The van der Waals surface area contributed by atoms with Crippen molar-refractivity contribution in [2.45, 2.75) is 38.5 Å². The lowest BCUT2D eigenvalue weighted by atomic mass is 9.94. The van der Waals surface area contributed by atoms with Gasteiger partial charge in [0.2, 0.25) is 0 Å². The first-order chi connectivity index (χ1) is 11.9. The number of hydrogen-bond acceptors (Lipinski definition) is 2. The van der Waals surface area contributed by atoms with Gasteiger partial charge in [-0.3, -0.25) is 4.90 Å². The van der Waals surface area contributed by atoms with Gasteiger partial charge < -0.3 is 9.30 Å². The molecule has 2 aromatic rings. The highest BCUT2D eigenvalue weighted by atomic mass is 16.5. The number of benzene rings is 1. The first-order valence-corrected chi connectivity index (χ1v) is 9.03. The summed E-state index contributed by atoms with van der Waals surface area (Å²) >= 11 is 0. The van der Waals surface area contributed by atoms with Crippen molar-refractivity contribution in [3.05, 3.63) is 59.8 Å². The summed E-state index contributed by atoms with van der Waals surface area (Å²) in [6.07, 6.45) is 13.9. The summed E-state index contributed by atoms with van der Waals surface area (Å²) in [4.78, 5) is 2.62. The molecule has 2 aliphatic heterocycles. The lowest BCUT2D eigenvalue weighted by Gasteiger charge is -2.36. The predicted octanol–water partition coefficient (Wildman–Crippen LogP) is 4.44. The van der Waals surface area contributed by atoms with Crippen LogP contribution >= 0.6 is 0 Å². The van der Waals surface area contributed by atoms with Crippen molar-refractivity contribution in [2.24, 2.45) is 0 Å². The molecule has 0 bridgehead atoms. The van der Waals surface area contributed by atoms with Gasteiger partial charge in [-0.15, -0.1) is 0 Å². The first kappa shape index (κ1) is 15.7. The number of methoxy groups -OCH3 is 1. The summed E-state index contributed by atoms with van der Waals surface area (Å²) in [5.74, 6) is 0. The molecule has 0 amide bonds. The van der Waals surface area contributed by atoms with Gasteiger partial charge in [0, 0.05) is 31.3 Å². The van der Waals surface area contributed by atoms with E-state index in [-0.39, 0.29) is 0 Å². The van der Waals surface area contributed by atoms with Crippen molar-refractivity contribution in [1.29, 1.82) is 0 Å². The quantitative estimate of drug-likeness (QED) is 0.761. The van der Waals surface area contributed by atoms with E-state index in [1.54, 1.807) is 7.11 Å². The van der Waals surface area contributed by atoms with Gasteiger partial charge in [0.05, 0.1) is 11.6 Å². The van der Waals surface area contributed by atoms with Gasteiger partial charge >= 0.3 is 0 Å². The van der Waals surface area contributed by atoms with Crippen molar-refractivity contribution < 1.29 is 4.74 Å². The maximum Gasteiger partial charge on any atom is 0.122 e. The van der Waals surface area contributed by atoms with Crippen LogP contribution in [0, 0.1) is 0 Å². The van der Waals surface area contributed by atoms with Crippen molar-refractivity contribution in [3.63, 3.8) is 0 Å². The van der Waals surface area contributed by atoms with Crippen LogP contribution in [0.5, 0.6) is 0 Å². The van der Waals surface area contributed by atoms with Gasteiger partial charge in [-0.2, -0.15) is 0 Å². The second kappa shape index (κ2) is 6.96. The fourth-order valence-electron chi connectivity index (χ4n) is 4.23. The summed E-state index contributed by atoms with van der Waals surface area (Å²) in [7, 11) is 1.79. The number of nitrogens with zero attached hydrogens (tertiary/aromatic N) is 2. The molecular weight excluding hydrogens is 296 g/mol. The van der Waals surface area contributed by atoms with Crippen LogP contribution in [0.4, 0.5) is 0 Å². The van der Waals surface area contributed by atoms with Crippen LogP contribution in [0.2, 0.25) is 0 Å². The first-order valence-electron chi connectivity index (χ1n) is 9.03. The maximum absolute atomic E-state index is 5.55. The minimum Gasteiger partial charge on any atom is -0.364 e. The molecule has 3 nitrogen and oxygen atoms in total. The molecule has 24 heavy (non-hydrogen) atoms. The number of para-hydroxylation sites is 1. The topological polar surface area (TPSA) is 17.4 Å². The Morgan fingerprint density at radius 2 is 1.92 bits per heavy atom. The Balaban J connectivity index is 1.85. The second-order valence-electron chi connectivity index (χ2n) is 6.74. The Bertz CT molecular complexity index is 771. The highest BCUT2D eigenvalue weighted by Crippen LogP contribution is 2.39. The molecule has 0 unspecified atom stereocenters. The molecule has 0 fully saturated rings. The third-order valence-electron chi connectivity index (χ3n) is 5.32. The summed E-state index contributed by atoms with van der Waals surface area (Å²) < 4.78 is 7.95.